The van der Waals surface area contributed by atoms with Gasteiger partial charge in [0, 0.05) is 49.9 Å². The summed E-state index contributed by atoms with van der Waals surface area (Å²) in [6.07, 6.45) is 3.41. The normalized spacial score (nSPS) is 25.2. The van der Waals surface area contributed by atoms with Crippen LogP contribution in [0.25, 0.3) is 10.9 Å². The van der Waals surface area contributed by atoms with Crippen LogP contribution in [0.5, 0.6) is 0 Å². The zero-order valence-electron chi connectivity index (χ0n) is 16.8. The van der Waals surface area contributed by atoms with Crippen molar-refractivity contribution in [3.63, 3.8) is 0 Å². The lowest BCUT2D eigenvalue weighted by atomic mass is 10.1. The number of hydrogen-bond donors (Lipinski definition) is 1. The maximum atomic E-state index is 11.2. The van der Waals surface area contributed by atoms with Gasteiger partial charge in [-0.25, -0.2) is 0 Å². The number of pyridine rings is 1. The third-order valence-corrected chi connectivity index (χ3v) is 5.86. The van der Waals surface area contributed by atoms with E-state index in [1.54, 1.807) is 6.20 Å². The minimum Gasteiger partial charge on any atom is -0.370 e. The molecule has 1 aromatic carbocycles. The fourth-order valence-corrected chi connectivity index (χ4v) is 4.68. The number of primary amides is 1. The van der Waals surface area contributed by atoms with Crippen LogP contribution in [0.2, 0.25) is 0 Å². The van der Waals surface area contributed by atoms with Crippen molar-refractivity contribution in [3.05, 3.63) is 36.0 Å². The van der Waals surface area contributed by atoms with E-state index in [2.05, 4.69) is 27.8 Å². The van der Waals surface area contributed by atoms with Crippen LogP contribution in [-0.2, 0) is 9.53 Å². The highest BCUT2D eigenvalue weighted by Gasteiger charge is 2.31. The lowest BCUT2D eigenvalue weighted by Gasteiger charge is -2.40. The molecule has 0 radical (unpaired) electrons. The van der Waals surface area contributed by atoms with Crippen molar-refractivity contribution in [1.82, 2.24) is 9.88 Å². The van der Waals surface area contributed by atoms with E-state index < -0.39 is 0 Å². The molecule has 7 nitrogen and oxygen atoms in total. The number of aromatic nitrogens is 1. The van der Waals surface area contributed by atoms with Crippen LogP contribution in [0, 0.1) is 17.2 Å². The van der Waals surface area contributed by atoms with Crippen LogP contribution in [0.1, 0.15) is 25.3 Å². The Bertz CT molecular complexity index is 940. The number of nitrogens with two attached hydrogens (primary N) is 1. The molecule has 2 saturated heterocycles. The van der Waals surface area contributed by atoms with Crippen molar-refractivity contribution in [2.24, 2.45) is 11.7 Å². The molecule has 2 aliphatic rings. The van der Waals surface area contributed by atoms with Crippen molar-refractivity contribution in [1.29, 1.82) is 5.26 Å². The van der Waals surface area contributed by atoms with Crippen molar-refractivity contribution in [2.45, 2.75) is 32.0 Å². The Kier molecular flexibility index (Phi) is 5.65. The molecular weight excluding hydrogens is 366 g/mol. The topological polar surface area (TPSA) is 95.5 Å². The zero-order valence-corrected chi connectivity index (χ0v) is 16.8. The predicted octanol–water partition coefficient (Wildman–Crippen LogP) is 1.90. The summed E-state index contributed by atoms with van der Waals surface area (Å²) in [4.78, 5) is 20.4. The van der Waals surface area contributed by atoms with Crippen LogP contribution in [0.4, 0.5) is 5.69 Å². The minimum absolute atomic E-state index is 0.0912. The molecule has 2 fully saturated rings. The first-order valence-electron chi connectivity index (χ1n) is 10.2. The Morgan fingerprint density at radius 1 is 1.34 bits per heavy atom. The lowest BCUT2D eigenvalue weighted by Crippen LogP contribution is -2.50. The van der Waals surface area contributed by atoms with Gasteiger partial charge in [0.15, 0.2) is 0 Å². The molecular formula is C22H27N5O2. The fraction of sp³-hybridized carbons (Fsp3) is 0.500. The zero-order chi connectivity index (χ0) is 20.4. The number of nitriles is 1. The molecule has 152 valence electrons. The SMILES string of the molecule is C[C@@H]1CN(c2ccc(C#N)c3ncccc23)C[C@H](CN2CC[C@@H](CC(N)=O)C2)O1. The Morgan fingerprint density at radius 2 is 2.21 bits per heavy atom. The third-order valence-electron chi connectivity index (χ3n) is 5.86. The number of benzene rings is 1. The van der Waals surface area contributed by atoms with Crippen molar-refractivity contribution < 1.29 is 9.53 Å². The number of anilines is 1. The van der Waals surface area contributed by atoms with Crippen molar-refractivity contribution >= 4 is 22.5 Å². The van der Waals surface area contributed by atoms with Crippen LogP contribution in [-0.4, -0.2) is 60.7 Å². The molecule has 1 aromatic heterocycles. The van der Waals surface area contributed by atoms with Crippen LogP contribution in [0.15, 0.2) is 30.5 Å². The summed E-state index contributed by atoms with van der Waals surface area (Å²) in [5, 5.41) is 10.4. The summed E-state index contributed by atoms with van der Waals surface area (Å²) in [6, 6.07) is 10.1. The highest BCUT2D eigenvalue weighted by Crippen LogP contribution is 2.30. The second-order valence-corrected chi connectivity index (χ2v) is 8.20. The lowest BCUT2D eigenvalue weighted by molar-refractivity contribution is -0.118. The van der Waals surface area contributed by atoms with Gasteiger partial charge in [-0.1, -0.05) is 0 Å². The largest absolute Gasteiger partial charge is 0.370 e. The number of likely N-dealkylation sites (tertiary alicyclic amines) is 1. The fourth-order valence-electron chi connectivity index (χ4n) is 4.68. The Labute approximate surface area is 171 Å². The minimum atomic E-state index is -0.216. The highest BCUT2D eigenvalue weighted by molar-refractivity contribution is 5.95. The standard InChI is InChI=1S/C22H27N5O2/c1-15-11-27(20-5-4-17(10-23)22-19(20)3-2-7-25-22)14-18(29-15)13-26-8-6-16(12-26)9-21(24)28/h2-5,7,15-16,18H,6,8-9,11-14H2,1H3,(H2,24,28)/t15-,16+,18+/m1/s1. The number of amides is 1. The van der Waals surface area contributed by atoms with Gasteiger partial charge in [0.05, 0.1) is 23.3 Å². The Hall–Kier alpha value is -2.69. The average Bonchev–Trinajstić information content (AvgIpc) is 3.12. The predicted molar refractivity (Wildman–Crippen MR) is 111 cm³/mol. The van der Waals surface area contributed by atoms with E-state index in [1.807, 2.05) is 24.3 Å². The quantitative estimate of drug-likeness (QED) is 0.834. The van der Waals surface area contributed by atoms with Crippen LogP contribution >= 0.6 is 0 Å². The number of carbonyl (C=O) groups excluding carboxylic acids is 1. The van der Waals surface area contributed by atoms with E-state index >= 15 is 0 Å². The van der Waals surface area contributed by atoms with Crippen molar-refractivity contribution in [2.75, 3.05) is 37.6 Å². The molecule has 0 unspecified atom stereocenters. The summed E-state index contributed by atoms with van der Waals surface area (Å²) in [5.41, 5.74) is 7.80. The summed E-state index contributed by atoms with van der Waals surface area (Å²) in [6.45, 7) is 6.43. The van der Waals surface area contributed by atoms with Gasteiger partial charge >= 0.3 is 0 Å². The highest BCUT2D eigenvalue weighted by atomic mass is 16.5. The Balaban J connectivity index is 1.50. The van der Waals surface area contributed by atoms with Crippen LogP contribution in [0.3, 0.4) is 0 Å². The van der Waals surface area contributed by atoms with Gasteiger partial charge in [-0.2, -0.15) is 5.26 Å². The summed E-state index contributed by atoms with van der Waals surface area (Å²) in [7, 11) is 0. The number of carbonyl (C=O) groups is 1. The first-order valence-corrected chi connectivity index (χ1v) is 10.2. The molecule has 2 N–H and O–H groups in total. The maximum Gasteiger partial charge on any atom is 0.217 e. The molecule has 29 heavy (non-hydrogen) atoms. The number of fused-ring (bicyclic) bond motifs is 1. The molecule has 0 spiro atoms. The first-order chi connectivity index (χ1) is 14.0. The molecule has 0 bridgehead atoms. The monoisotopic (exact) mass is 393 g/mol. The van der Waals surface area contributed by atoms with Gasteiger partial charge in [0.25, 0.3) is 0 Å². The molecule has 2 aliphatic heterocycles. The number of hydrogen-bond acceptors (Lipinski definition) is 6. The number of nitrogens with zero attached hydrogens (tertiary/aromatic N) is 4. The second-order valence-electron chi connectivity index (χ2n) is 8.20. The van der Waals surface area contributed by atoms with Gasteiger partial charge in [-0.3, -0.25) is 9.78 Å². The van der Waals surface area contributed by atoms with Gasteiger partial charge in [0.1, 0.15) is 6.07 Å². The Morgan fingerprint density at radius 3 is 3.00 bits per heavy atom. The number of rotatable bonds is 5. The van der Waals surface area contributed by atoms with E-state index in [9.17, 15) is 10.1 Å². The van der Waals surface area contributed by atoms with E-state index in [1.165, 1.54) is 0 Å². The first kappa shape index (κ1) is 19.6. The summed E-state index contributed by atoms with van der Waals surface area (Å²) < 4.78 is 6.23. The molecule has 1 amide bonds. The smallest absolute Gasteiger partial charge is 0.217 e. The third kappa shape index (κ3) is 4.34. The van der Waals surface area contributed by atoms with E-state index in [0.717, 1.165) is 55.7 Å². The summed E-state index contributed by atoms with van der Waals surface area (Å²) in [5.74, 6) is 0.144. The molecule has 3 heterocycles. The molecule has 4 rings (SSSR count). The maximum absolute atomic E-state index is 11.2. The van der Waals surface area contributed by atoms with E-state index in [-0.39, 0.29) is 18.1 Å². The summed E-state index contributed by atoms with van der Waals surface area (Å²) >= 11 is 0. The molecule has 0 saturated carbocycles. The van der Waals surface area contributed by atoms with Crippen LogP contribution < -0.4 is 10.6 Å². The number of morpholine rings is 1. The average molecular weight is 393 g/mol. The van der Waals surface area contributed by atoms with Gasteiger partial charge in [-0.15, -0.1) is 0 Å². The second kappa shape index (κ2) is 8.36. The molecule has 3 atom stereocenters. The molecule has 0 aliphatic carbocycles. The van der Waals surface area contributed by atoms with Gasteiger partial charge in [0.2, 0.25) is 5.91 Å². The van der Waals surface area contributed by atoms with E-state index in [0.29, 0.717) is 17.9 Å². The molecule has 7 heteroatoms. The number of ether oxygens (including phenoxy) is 1. The van der Waals surface area contributed by atoms with Crippen molar-refractivity contribution in [3.8, 4) is 6.07 Å². The van der Waals surface area contributed by atoms with Gasteiger partial charge in [-0.05, 0) is 50.1 Å². The molecule has 2 aromatic rings. The van der Waals surface area contributed by atoms with Gasteiger partial charge < -0.3 is 20.3 Å². The van der Waals surface area contributed by atoms with E-state index in [4.69, 9.17) is 10.5 Å².